The molecule has 1 aromatic heterocycles. The molecule has 0 spiro atoms. The zero-order valence-electron chi connectivity index (χ0n) is 14.3. The molecule has 1 amide bonds. The van der Waals surface area contributed by atoms with E-state index in [9.17, 15) is 4.79 Å². The molecule has 2 aromatic rings. The first-order valence-electron chi connectivity index (χ1n) is 8.01. The molecule has 128 valence electrons. The van der Waals surface area contributed by atoms with Crippen LogP contribution in [0.5, 0.6) is 5.75 Å². The molecule has 1 aliphatic heterocycles. The molecule has 0 N–H and O–H groups in total. The van der Waals surface area contributed by atoms with Crippen molar-refractivity contribution in [1.29, 1.82) is 0 Å². The van der Waals surface area contributed by atoms with E-state index >= 15 is 0 Å². The van der Waals surface area contributed by atoms with E-state index in [4.69, 9.17) is 16.3 Å². The molecule has 0 radical (unpaired) electrons. The van der Waals surface area contributed by atoms with Crippen LogP contribution in [0, 0.1) is 0 Å². The summed E-state index contributed by atoms with van der Waals surface area (Å²) in [5.74, 6) is 2.60. The van der Waals surface area contributed by atoms with Crippen LogP contribution in [-0.2, 0) is 6.54 Å². The van der Waals surface area contributed by atoms with Gasteiger partial charge in [-0.15, -0.1) is 10.2 Å². The third-order valence-corrected chi connectivity index (χ3v) is 4.69. The van der Waals surface area contributed by atoms with Crippen LogP contribution in [0.1, 0.15) is 54.7 Å². The van der Waals surface area contributed by atoms with Gasteiger partial charge in [-0.1, -0.05) is 25.4 Å². The van der Waals surface area contributed by atoms with Crippen LogP contribution in [0.25, 0.3) is 0 Å². The van der Waals surface area contributed by atoms with Gasteiger partial charge < -0.3 is 14.2 Å². The van der Waals surface area contributed by atoms with Crippen LogP contribution >= 0.6 is 11.6 Å². The number of fused-ring (bicyclic) bond motifs is 1. The number of carbonyl (C=O) groups is 1. The molecule has 2 heterocycles. The predicted octanol–water partition coefficient (Wildman–Crippen LogP) is 3.28. The number of ether oxygens (including phenoxy) is 1. The van der Waals surface area contributed by atoms with Gasteiger partial charge in [0.05, 0.1) is 18.2 Å². The molecule has 24 heavy (non-hydrogen) atoms. The summed E-state index contributed by atoms with van der Waals surface area (Å²) >= 11 is 6.15. The van der Waals surface area contributed by atoms with Crippen molar-refractivity contribution < 1.29 is 9.53 Å². The minimum atomic E-state index is -0.132. The Kier molecular flexibility index (Phi) is 4.49. The van der Waals surface area contributed by atoms with Crippen molar-refractivity contribution in [2.75, 3.05) is 13.7 Å². The molecule has 0 bridgehead atoms. The van der Waals surface area contributed by atoms with Gasteiger partial charge in [0.2, 0.25) is 0 Å². The van der Waals surface area contributed by atoms with Gasteiger partial charge in [-0.25, -0.2) is 0 Å². The standard InChI is InChI=1S/C17H21ClN4O2/c1-10(2)15-19-20-16-11(3)21(7-8-22(15)16)17(23)12-5-6-14(24-4)13(18)9-12/h5-6,9-11H,7-8H2,1-4H3. The molecule has 0 aliphatic carbocycles. The van der Waals surface area contributed by atoms with Gasteiger partial charge in [-0.05, 0) is 25.1 Å². The highest BCUT2D eigenvalue weighted by molar-refractivity contribution is 6.32. The molecule has 1 atom stereocenters. The van der Waals surface area contributed by atoms with Gasteiger partial charge in [-0.3, -0.25) is 4.79 Å². The lowest BCUT2D eigenvalue weighted by Gasteiger charge is -2.34. The van der Waals surface area contributed by atoms with Gasteiger partial charge in [0.1, 0.15) is 11.6 Å². The summed E-state index contributed by atoms with van der Waals surface area (Å²) in [7, 11) is 1.55. The van der Waals surface area contributed by atoms with Crippen molar-refractivity contribution in [2.45, 2.75) is 39.3 Å². The molecule has 6 nitrogen and oxygen atoms in total. The number of benzene rings is 1. The summed E-state index contributed by atoms with van der Waals surface area (Å²) in [6.45, 7) is 7.49. The Balaban J connectivity index is 1.88. The molecule has 0 fully saturated rings. The number of rotatable bonds is 3. The lowest BCUT2D eigenvalue weighted by atomic mass is 10.1. The summed E-state index contributed by atoms with van der Waals surface area (Å²) < 4.78 is 7.26. The number of amides is 1. The number of nitrogens with zero attached hydrogens (tertiary/aromatic N) is 4. The second kappa shape index (κ2) is 6.43. The number of hydrogen-bond donors (Lipinski definition) is 0. The lowest BCUT2D eigenvalue weighted by Crippen LogP contribution is -2.41. The molecule has 7 heteroatoms. The van der Waals surface area contributed by atoms with Crippen molar-refractivity contribution in [3.8, 4) is 5.75 Å². The van der Waals surface area contributed by atoms with E-state index in [1.54, 1.807) is 25.3 Å². The highest BCUT2D eigenvalue weighted by Gasteiger charge is 2.32. The van der Waals surface area contributed by atoms with Gasteiger partial charge in [0, 0.05) is 24.6 Å². The maximum atomic E-state index is 12.9. The third kappa shape index (κ3) is 2.75. The van der Waals surface area contributed by atoms with Gasteiger partial charge in [0.15, 0.2) is 5.82 Å². The Hall–Kier alpha value is -2.08. The molecular weight excluding hydrogens is 328 g/mol. The maximum absolute atomic E-state index is 12.9. The summed E-state index contributed by atoms with van der Waals surface area (Å²) in [6, 6.07) is 4.96. The van der Waals surface area contributed by atoms with E-state index in [0.29, 0.717) is 35.3 Å². The number of halogens is 1. The van der Waals surface area contributed by atoms with Crippen LogP contribution in [0.2, 0.25) is 5.02 Å². The monoisotopic (exact) mass is 348 g/mol. The maximum Gasteiger partial charge on any atom is 0.254 e. The molecule has 0 saturated carbocycles. The quantitative estimate of drug-likeness (QED) is 0.854. The second-order valence-electron chi connectivity index (χ2n) is 6.25. The van der Waals surface area contributed by atoms with Crippen molar-refractivity contribution in [2.24, 2.45) is 0 Å². The summed E-state index contributed by atoms with van der Waals surface area (Å²) in [5.41, 5.74) is 0.546. The van der Waals surface area contributed by atoms with E-state index in [1.807, 2.05) is 11.8 Å². The van der Waals surface area contributed by atoms with Crippen LogP contribution in [-0.4, -0.2) is 39.2 Å². The Morgan fingerprint density at radius 2 is 2.08 bits per heavy atom. The van der Waals surface area contributed by atoms with E-state index in [0.717, 1.165) is 11.6 Å². The van der Waals surface area contributed by atoms with Crippen molar-refractivity contribution in [3.05, 3.63) is 40.4 Å². The van der Waals surface area contributed by atoms with E-state index < -0.39 is 0 Å². The molecule has 1 aliphatic rings. The number of aromatic nitrogens is 3. The van der Waals surface area contributed by atoms with Crippen LogP contribution in [0.3, 0.4) is 0 Å². The highest BCUT2D eigenvalue weighted by atomic mass is 35.5. The molecule has 0 saturated heterocycles. The fraction of sp³-hybridized carbons (Fsp3) is 0.471. The minimum Gasteiger partial charge on any atom is -0.495 e. The number of methoxy groups -OCH3 is 1. The number of carbonyl (C=O) groups excluding carboxylic acids is 1. The SMILES string of the molecule is COc1ccc(C(=O)N2CCn3c(C(C)C)nnc3C2C)cc1Cl. The van der Waals surface area contributed by atoms with E-state index in [1.165, 1.54) is 0 Å². The Morgan fingerprint density at radius 1 is 1.33 bits per heavy atom. The van der Waals surface area contributed by atoms with Crippen molar-refractivity contribution in [3.63, 3.8) is 0 Å². The first-order valence-corrected chi connectivity index (χ1v) is 8.39. The summed E-state index contributed by atoms with van der Waals surface area (Å²) in [4.78, 5) is 14.7. The summed E-state index contributed by atoms with van der Waals surface area (Å²) in [6.07, 6.45) is 0. The van der Waals surface area contributed by atoms with E-state index in [2.05, 4.69) is 28.6 Å². The van der Waals surface area contributed by atoms with Gasteiger partial charge in [0.25, 0.3) is 5.91 Å². The van der Waals surface area contributed by atoms with Crippen molar-refractivity contribution in [1.82, 2.24) is 19.7 Å². The predicted molar refractivity (Wildman–Crippen MR) is 91.6 cm³/mol. The zero-order valence-corrected chi connectivity index (χ0v) is 15.0. The average Bonchev–Trinajstić information content (AvgIpc) is 2.99. The smallest absolute Gasteiger partial charge is 0.254 e. The minimum absolute atomic E-state index is 0.0626. The fourth-order valence-electron chi connectivity index (χ4n) is 3.08. The first kappa shape index (κ1) is 16.8. The Morgan fingerprint density at radius 3 is 2.71 bits per heavy atom. The van der Waals surface area contributed by atoms with Gasteiger partial charge in [-0.2, -0.15) is 0 Å². The normalized spacial score (nSPS) is 17.1. The Labute approximate surface area is 146 Å². The van der Waals surface area contributed by atoms with E-state index in [-0.39, 0.29) is 11.9 Å². The molecular formula is C17H21ClN4O2. The Bertz CT molecular complexity index is 772. The second-order valence-corrected chi connectivity index (χ2v) is 6.65. The number of hydrogen-bond acceptors (Lipinski definition) is 4. The topological polar surface area (TPSA) is 60.2 Å². The van der Waals surface area contributed by atoms with Crippen LogP contribution in [0.15, 0.2) is 18.2 Å². The fourth-order valence-corrected chi connectivity index (χ4v) is 3.33. The van der Waals surface area contributed by atoms with Crippen LogP contribution in [0.4, 0.5) is 0 Å². The molecule has 3 rings (SSSR count). The third-order valence-electron chi connectivity index (χ3n) is 4.39. The average molecular weight is 349 g/mol. The van der Waals surface area contributed by atoms with Crippen molar-refractivity contribution >= 4 is 17.5 Å². The molecule has 1 aromatic carbocycles. The van der Waals surface area contributed by atoms with Gasteiger partial charge >= 0.3 is 0 Å². The van der Waals surface area contributed by atoms with Crippen LogP contribution < -0.4 is 4.74 Å². The first-order chi connectivity index (χ1) is 11.4. The highest BCUT2D eigenvalue weighted by Crippen LogP contribution is 2.30. The largest absolute Gasteiger partial charge is 0.495 e. The molecule has 1 unspecified atom stereocenters. The summed E-state index contributed by atoms with van der Waals surface area (Å²) in [5, 5.41) is 9.02. The lowest BCUT2D eigenvalue weighted by molar-refractivity contribution is 0.0636. The zero-order chi connectivity index (χ0) is 17.4.